The maximum atomic E-state index is 12.4. The fourth-order valence-corrected chi connectivity index (χ4v) is 2.88. The van der Waals surface area contributed by atoms with Crippen molar-refractivity contribution in [1.82, 2.24) is 0 Å². The summed E-state index contributed by atoms with van der Waals surface area (Å²) in [6, 6.07) is 2.38. The Labute approximate surface area is 145 Å². The number of esters is 1. The van der Waals surface area contributed by atoms with Gasteiger partial charge >= 0.3 is 5.97 Å². The van der Waals surface area contributed by atoms with Gasteiger partial charge < -0.3 is 20.1 Å². The number of cyclic esters (lactones) is 1. The number of phenols is 2. The molecule has 1 heterocycles. The van der Waals surface area contributed by atoms with Gasteiger partial charge in [0.15, 0.2) is 0 Å². The summed E-state index contributed by atoms with van der Waals surface area (Å²) in [4.78, 5) is 36.1. The van der Waals surface area contributed by atoms with Crippen LogP contribution in [-0.4, -0.2) is 45.1 Å². The molecule has 0 bridgehead atoms. The number of benzene rings is 1. The molecule has 7 nitrogen and oxygen atoms in total. The number of aliphatic hydroxyl groups excluding tert-OH is 1. The molecule has 0 saturated heterocycles. The van der Waals surface area contributed by atoms with Crippen molar-refractivity contribution in [2.45, 2.75) is 57.7 Å². The normalized spacial score (nSPS) is 23.5. The number of aromatic hydroxyl groups is 2. The molecule has 0 amide bonds. The summed E-state index contributed by atoms with van der Waals surface area (Å²) in [7, 11) is 0. The number of rotatable bonds is 0. The zero-order chi connectivity index (χ0) is 18.6. The Morgan fingerprint density at radius 2 is 1.76 bits per heavy atom. The highest BCUT2D eigenvalue weighted by atomic mass is 16.5. The van der Waals surface area contributed by atoms with Gasteiger partial charge in [0.1, 0.15) is 23.2 Å². The number of phenolic OH excluding ortho intramolecular Hbond substituents is 2. The van der Waals surface area contributed by atoms with E-state index in [0.29, 0.717) is 18.4 Å². The van der Waals surface area contributed by atoms with Crippen molar-refractivity contribution in [2.75, 3.05) is 0 Å². The molecule has 2 unspecified atom stereocenters. The lowest BCUT2D eigenvalue weighted by Crippen LogP contribution is -2.29. The van der Waals surface area contributed by atoms with Crippen molar-refractivity contribution in [2.24, 2.45) is 0 Å². The average molecular weight is 350 g/mol. The van der Waals surface area contributed by atoms with Gasteiger partial charge in [-0.05, 0) is 50.7 Å². The first-order valence-electron chi connectivity index (χ1n) is 8.30. The molecule has 0 aliphatic carbocycles. The van der Waals surface area contributed by atoms with Crippen LogP contribution in [0, 0.1) is 0 Å². The molecule has 2 atom stereocenters. The number of hydrogen-bond donors (Lipinski definition) is 3. The second-order valence-electron chi connectivity index (χ2n) is 6.30. The van der Waals surface area contributed by atoms with Crippen LogP contribution in [0.5, 0.6) is 11.5 Å². The third kappa shape index (κ3) is 4.79. The van der Waals surface area contributed by atoms with Crippen molar-refractivity contribution >= 4 is 17.5 Å². The number of carbonyl (C=O) groups is 3. The van der Waals surface area contributed by atoms with Crippen LogP contribution in [0.25, 0.3) is 0 Å². The molecule has 0 spiro atoms. The Kier molecular flexibility index (Phi) is 6.14. The third-order valence-electron chi connectivity index (χ3n) is 4.21. The quantitative estimate of drug-likeness (QED) is 0.480. The summed E-state index contributed by atoms with van der Waals surface area (Å²) in [6.07, 6.45) is -0.555. The third-order valence-corrected chi connectivity index (χ3v) is 4.21. The lowest BCUT2D eigenvalue weighted by atomic mass is 9.96. The highest BCUT2D eigenvalue weighted by Gasteiger charge is 2.25. The number of fused-ring (bicyclic) bond motifs is 1. The fourth-order valence-electron chi connectivity index (χ4n) is 2.88. The predicted octanol–water partition coefficient (Wildman–Crippen LogP) is 1.65. The second-order valence-corrected chi connectivity index (χ2v) is 6.30. The number of carbonyl (C=O) groups excluding carboxylic acids is 3. The van der Waals surface area contributed by atoms with Crippen LogP contribution in [0.3, 0.4) is 0 Å². The van der Waals surface area contributed by atoms with Gasteiger partial charge in [-0.25, -0.2) is 4.79 Å². The summed E-state index contributed by atoms with van der Waals surface area (Å²) in [5, 5.41) is 29.4. The number of Topliss-reactive ketones (excluding diaryl/α,β-unsaturated/α-hetero) is 2. The van der Waals surface area contributed by atoms with Crippen LogP contribution in [0.2, 0.25) is 0 Å². The summed E-state index contributed by atoms with van der Waals surface area (Å²) < 4.78 is 5.31. The van der Waals surface area contributed by atoms with E-state index in [9.17, 15) is 29.7 Å². The predicted molar refractivity (Wildman–Crippen MR) is 87.5 cm³/mol. The zero-order valence-corrected chi connectivity index (χ0v) is 14.0. The lowest BCUT2D eigenvalue weighted by molar-refractivity contribution is -0.141. The van der Waals surface area contributed by atoms with Gasteiger partial charge in [-0.15, -0.1) is 0 Å². The van der Waals surface area contributed by atoms with Crippen molar-refractivity contribution in [3.63, 3.8) is 0 Å². The van der Waals surface area contributed by atoms with E-state index in [-0.39, 0.29) is 37.0 Å². The van der Waals surface area contributed by atoms with Crippen LogP contribution < -0.4 is 0 Å². The minimum Gasteiger partial charge on any atom is -0.508 e. The molecular formula is C18H22O7. The first-order chi connectivity index (χ1) is 11.8. The molecule has 1 aliphatic heterocycles. The molecule has 1 aromatic carbocycles. The van der Waals surface area contributed by atoms with Crippen molar-refractivity contribution in [3.8, 4) is 11.5 Å². The van der Waals surface area contributed by atoms with Crippen LogP contribution in [-0.2, 0) is 20.7 Å². The molecule has 7 heteroatoms. The van der Waals surface area contributed by atoms with Gasteiger partial charge in [-0.2, -0.15) is 0 Å². The largest absolute Gasteiger partial charge is 0.508 e. The highest BCUT2D eigenvalue weighted by Crippen LogP contribution is 2.30. The highest BCUT2D eigenvalue weighted by molar-refractivity contribution is 6.38. The average Bonchev–Trinajstić information content (AvgIpc) is 2.52. The Morgan fingerprint density at radius 3 is 2.48 bits per heavy atom. The molecular weight excluding hydrogens is 328 g/mol. The summed E-state index contributed by atoms with van der Waals surface area (Å²) in [6.45, 7) is 1.67. The minimum absolute atomic E-state index is 0.0412. The van der Waals surface area contributed by atoms with Crippen molar-refractivity contribution in [3.05, 3.63) is 23.3 Å². The molecule has 1 aliphatic rings. The first kappa shape index (κ1) is 18.9. The van der Waals surface area contributed by atoms with Gasteiger partial charge in [0.05, 0.1) is 6.10 Å². The SMILES string of the molecule is CC1CCCC(O)C(=O)C(=O)CCCc2cc(O)cc(O)c2C(=O)O1. The van der Waals surface area contributed by atoms with Gasteiger partial charge in [0, 0.05) is 12.5 Å². The number of ether oxygens (including phenoxy) is 1. The molecule has 136 valence electrons. The molecule has 1 aromatic rings. The number of ketones is 2. The van der Waals surface area contributed by atoms with E-state index in [2.05, 4.69) is 0 Å². The molecule has 0 aromatic heterocycles. The molecule has 0 saturated carbocycles. The maximum absolute atomic E-state index is 12.4. The topological polar surface area (TPSA) is 121 Å². The monoisotopic (exact) mass is 350 g/mol. The molecule has 2 rings (SSSR count). The van der Waals surface area contributed by atoms with E-state index >= 15 is 0 Å². The smallest absolute Gasteiger partial charge is 0.342 e. The zero-order valence-electron chi connectivity index (χ0n) is 14.0. The van der Waals surface area contributed by atoms with Crippen molar-refractivity contribution < 1.29 is 34.4 Å². The minimum atomic E-state index is -1.33. The second kappa shape index (κ2) is 8.11. The Hall–Kier alpha value is -2.41. The van der Waals surface area contributed by atoms with E-state index in [1.807, 2.05) is 0 Å². The van der Waals surface area contributed by atoms with E-state index in [1.165, 1.54) is 6.07 Å². The standard InChI is InChI=1S/C18H22O7/c1-10-4-2-6-13(20)17(23)14(21)7-3-5-11-8-12(19)9-15(22)16(11)18(24)25-10/h8-10,13,19-20,22H,2-7H2,1H3. The van der Waals surface area contributed by atoms with Gasteiger partial charge in [0.2, 0.25) is 11.6 Å². The number of aryl methyl sites for hydroxylation is 1. The van der Waals surface area contributed by atoms with E-state index < -0.39 is 35.5 Å². The van der Waals surface area contributed by atoms with E-state index in [0.717, 1.165) is 6.07 Å². The Balaban J connectivity index is 2.31. The first-order valence-corrected chi connectivity index (χ1v) is 8.30. The summed E-state index contributed by atoms with van der Waals surface area (Å²) in [5.74, 6) is -2.78. The molecule has 0 radical (unpaired) electrons. The lowest BCUT2D eigenvalue weighted by Gasteiger charge is -2.17. The Morgan fingerprint density at radius 1 is 1.04 bits per heavy atom. The number of aliphatic hydroxyl groups is 1. The number of hydrogen-bond acceptors (Lipinski definition) is 7. The van der Waals surface area contributed by atoms with Crippen LogP contribution in [0.1, 0.15) is 54.9 Å². The summed E-state index contributed by atoms with van der Waals surface area (Å²) in [5.41, 5.74) is 0.299. The Bertz CT molecular complexity index is 680. The van der Waals surface area contributed by atoms with E-state index in [4.69, 9.17) is 4.74 Å². The molecule has 0 fully saturated rings. The summed E-state index contributed by atoms with van der Waals surface area (Å²) >= 11 is 0. The van der Waals surface area contributed by atoms with Crippen LogP contribution in [0.4, 0.5) is 0 Å². The van der Waals surface area contributed by atoms with E-state index in [1.54, 1.807) is 6.92 Å². The fraction of sp³-hybridized carbons (Fsp3) is 0.500. The maximum Gasteiger partial charge on any atom is 0.342 e. The van der Waals surface area contributed by atoms with Crippen LogP contribution in [0.15, 0.2) is 12.1 Å². The van der Waals surface area contributed by atoms with Gasteiger partial charge in [-0.1, -0.05) is 0 Å². The van der Waals surface area contributed by atoms with Crippen LogP contribution >= 0.6 is 0 Å². The molecule has 3 N–H and O–H groups in total. The van der Waals surface area contributed by atoms with Crippen molar-refractivity contribution in [1.29, 1.82) is 0 Å². The van der Waals surface area contributed by atoms with Gasteiger partial charge in [0.25, 0.3) is 0 Å². The molecule has 25 heavy (non-hydrogen) atoms. The van der Waals surface area contributed by atoms with Gasteiger partial charge in [-0.3, -0.25) is 9.59 Å².